The quantitative estimate of drug-likeness (QED) is 0.662. The normalized spacial score (nSPS) is 12.3. The fraction of sp³-hybridized carbons (Fsp3) is 0.467. The van der Waals surface area contributed by atoms with E-state index >= 15 is 0 Å². The van der Waals surface area contributed by atoms with Crippen molar-refractivity contribution in [2.45, 2.75) is 37.6 Å². The fourth-order valence-corrected chi connectivity index (χ4v) is 2.59. The van der Waals surface area contributed by atoms with Crippen LogP contribution in [0.25, 0.3) is 0 Å². The maximum absolute atomic E-state index is 12.1. The molecule has 0 radical (unpaired) electrons. The Labute approximate surface area is 141 Å². The second kappa shape index (κ2) is 8.65. The molecule has 134 valence electrons. The number of esters is 1. The molecular weight excluding hydrogens is 336 g/mol. The van der Waals surface area contributed by atoms with Gasteiger partial charge < -0.3 is 14.8 Å². The average Bonchev–Trinajstić information content (AvgIpc) is 2.51. The summed E-state index contributed by atoms with van der Waals surface area (Å²) in [5, 5.41) is 7.73. The first-order valence-corrected chi connectivity index (χ1v) is 8.91. The van der Waals surface area contributed by atoms with Crippen LogP contribution in [-0.4, -0.2) is 40.1 Å². The topological polar surface area (TPSA) is 125 Å². The van der Waals surface area contributed by atoms with E-state index in [0.717, 1.165) is 18.9 Å². The minimum Gasteiger partial charge on any atom is -0.496 e. The van der Waals surface area contributed by atoms with E-state index < -0.39 is 28.5 Å². The molecule has 8 nitrogen and oxygen atoms in total. The van der Waals surface area contributed by atoms with Crippen molar-refractivity contribution in [1.29, 1.82) is 0 Å². The number of nitrogens with one attached hydrogen (secondary N) is 1. The Balaban J connectivity index is 2.82. The van der Waals surface area contributed by atoms with Crippen molar-refractivity contribution in [2.24, 2.45) is 5.14 Å². The molecule has 1 aromatic carbocycles. The highest BCUT2D eigenvalue weighted by molar-refractivity contribution is 7.89. The Morgan fingerprint density at radius 2 is 2.00 bits per heavy atom. The van der Waals surface area contributed by atoms with Gasteiger partial charge in [-0.2, -0.15) is 0 Å². The Morgan fingerprint density at radius 1 is 1.33 bits per heavy atom. The smallest absolute Gasteiger partial charge is 0.342 e. The average molecular weight is 358 g/mol. The molecule has 0 fully saturated rings. The van der Waals surface area contributed by atoms with Crippen LogP contribution in [0.3, 0.4) is 0 Å². The van der Waals surface area contributed by atoms with Gasteiger partial charge in [0.25, 0.3) is 5.91 Å². The van der Waals surface area contributed by atoms with Gasteiger partial charge in [-0.1, -0.05) is 13.3 Å². The van der Waals surface area contributed by atoms with Gasteiger partial charge in [-0.3, -0.25) is 4.79 Å². The lowest BCUT2D eigenvalue weighted by atomic mass is 10.2. The number of amides is 1. The van der Waals surface area contributed by atoms with Crippen molar-refractivity contribution in [3.8, 4) is 5.75 Å². The Bertz CT molecular complexity index is 702. The lowest BCUT2D eigenvalue weighted by Gasteiger charge is -2.13. The van der Waals surface area contributed by atoms with Gasteiger partial charge in [0.2, 0.25) is 10.0 Å². The molecule has 0 aliphatic heterocycles. The van der Waals surface area contributed by atoms with E-state index in [9.17, 15) is 18.0 Å². The van der Waals surface area contributed by atoms with Crippen LogP contribution in [0.1, 0.15) is 37.0 Å². The first-order chi connectivity index (χ1) is 11.2. The van der Waals surface area contributed by atoms with E-state index in [1.807, 2.05) is 13.8 Å². The summed E-state index contributed by atoms with van der Waals surface area (Å²) in [4.78, 5) is 23.6. The van der Waals surface area contributed by atoms with Crippen LogP contribution < -0.4 is 15.2 Å². The van der Waals surface area contributed by atoms with Crippen molar-refractivity contribution in [3.05, 3.63) is 23.8 Å². The van der Waals surface area contributed by atoms with Gasteiger partial charge in [-0.15, -0.1) is 0 Å². The molecule has 0 aliphatic rings. The molecule has 1 unspecified atom stereocenters. The zero-order chi connectivity index (χ0) is 18.3. The van der Waals surface area contributed by atoms with Crippen molar-refractivity contribution in [1.82, 2.24) is 5.32 Å². The van der Waals surface area contributed by atoms with Gasteiger partial charge in [-0.25, -0.2) is 18.4 Å². The van der Waals surface area contributed by atoms with Crippen molar-refractivity contribution < 1.29 is 27.5 Å². The zero-order valence-corrected chi connectivity index (χ0v) is 14.7. The highest BCUT2D eigenvalue weighted by Gasteiger charge is 2.19. The standard InChI is InChI=1S/C15H22N2O6S/c1-4-5-10(2)17-14(18)9-23-15(19)12-8-11(24(16,20)21)6-7-13(12)22-3/h6-8,10H,4-5,9H2,1-3H3,(H,17,18)(H2,16,20,21). The second-order valence-electron chi connectivity index (χ2n) is 5.24. The highest BCUT2D eigenvalue weighted by atomic mass is 32.2. The maximum Gasteiger partial charge on any atom is 0.342 e. The third-order valence-electron chi connectivity index (χ3n) is 3.18. The number of primary sulfonamides is 1. The predicted molar refractivity (Wildman–Crippen MR) is 87.2 cm³/mol. The summed E-state index contributed by atoms with van der Waals surface area (Å²) in [7, 11) is -2.66. The van der Waals surface area contributed by atoms with E-state index in [2.05, 4.69) is 5.32 Å². The molecule has 0 aromatic heterocycles. The summed E-state index contributed by atoms with van der Waals surface area (Å²) >= 11 is 0. The van der Waals surface area contributed by atoms with Crippen LogP contribution in [-0.2, 0) is 19.6 Å². The molecular formula is C15H22N2O6S. The molecule has 0 spiro atoms. The Kier molecular flexibility index (Phi) is 7.18. The summed E-state index contributed by atoms with van der Waals surface area (Å²) in [5.41, 5.74) is -0.126. The van der Waals surface area contributed by atoms with Crippen LogP contribution in [0.5, 0.6) is 5.75 Å². The molecule has 3 N–H and O–H groups in total. The van der Waals surface area contributed by atoms with E-state index in [0.29, 0.717) is 0 Å². The number of nitrogens with two attached hydrogens (primary N) is 1. The molecule has 1 rings (SSSR count). The van der Waals surface area contributed by atoms with E-state index in [1.165, 1.54) is 19.2 Å². The van der Waals surface area contributed by atoms with Gasteiger partial charge in [-0.05, 0) is 31.5 Å². The molecule has 0 heterocycles. The third-order valence-corrected chi connectivity index (χ3v) is 4.09. The summed E-state index contributed by atoms with van der Waals surface area (Å²) in [6.07, 6.45) is 1.72. The number of carbonyl (C=O) groups excluding carboxylic acids is 2. The zero-order valence-electron chi connectivity index (χ0n) is 13.9. The van der Waals surface area contributed by atoms with Gasteiger partial charge in [0.15, 0.2) is 6.61 Å². The number of benzene rings is 1. The summed E-state index contributed by atoms with van der Waals surface area (Å²) < 4.78 is 32.7. The lowest BCUT2D eigenvalue weighted by Crippen LogP contribution is -2.35. The van der Waals surface area contributed by atoms with Gasteiger partial charge >= 0.3 is 5.97 Å². The van der Waals surface area contributed by atoms with Crippen molar-refractivity contribution in [3.63, 3.8) is 0 Å². The first-order valence-electron chi connectivity index (χ1n) is 7.36. The van der Waals surface area contributed by atoms with Crippen LogP contribution in [0, 0.1) is 0 Å². The lowest BCUT2D eigenvalue weighted by molar-refractivity contribution is -0.124. The number of carbonyl (C=O) groups is 2. The summed E-state index contributed by atoms with van der Waals surface area (Å²) in [6.45, 7) is 3.37. The SMILES string of the molecule is CCCC(C)NC(=O)COC(=O)c1cc(S(N)(=O)=O)ccc1OC. The second-order valence-corrected chi connectivity index (χ2v) is 6.80. The van der Waals surface area contributed by atoms with Gasteiger partial charge in [0.05, 0.1) is 12.0 Å². The molecule has 1 atom stereocenters. The monoisotopic (exact) mass is 358 g/mol. The summed E-state index contributed by atoms with van der Waals surface area (Å²) in [5.74, 6) is -1.20. The predicted octanol–water partition coefficient (Wildman–Crippen LogP) is 0.804. The number of methoxy groups -OCH3 is 1. The van der Waals surface area contributed by atoms with Crippen LogP contribution in [0.15, 0.2) is 23.1 Å². The van der Waals surface area contributed by atoms with E-state index in [1.54, 1.807) is 0 Å². The number of hydrogen-bond acceptors (Lipinski definition) is 6. The minimum absolute atomic E-state index is 0.0264. The molecule has 0 aliphatic carbocycles. The number of sulfonamides is 1. The Hall–Kier alpha value is -2.13. The van der Waals surface area contributed by atoms with Crippen LogP contribution >= 0.6 is 0 Å². The van der Waals surface area contributed by atoms with E-state index in [-0.39, 0.29) is 22.3 Å². The molecule has 1 amide bonds. The van der Waals surface area contributed by atoms with Crippen LogP contribution in [0.4, 0.5) is 0 Å². The largest absolute Gasteiger partial charge is 0.496 e. The number of ether oxygens (including phenoxy) is 2. The maximum atomic E-state index is 12.1. The molecule has 24 heavy (non-hydrogen) atoms. The Morgan fingerprint density at radius 3 is 2.54 bits per heavy atom. The first kappa shape index (κ1) is 19.9. The van der Waals surface area contributed by atoms with E-state index in [4.69, 9.17) is 14.6 Å². The van der Waals surface area contributed by atoms with Gasteiger partial charge in [0, 0.05) is 6.04 Å². The third kappa shape index (κ3) is 5.82. The van der Waals surface area contributed by atoms with Gasteiger partial charge in [0.1, 0.15) is 11.3 Å². The molecule has 9 heteroatoms. The number of rotatable bonds is 8. The molecule has 0 bridgehead atoms. The minimum atomic E-state index is -3.98. The number of hydrogen-bond donors (Lipinski definition) is 2. The molecule has 0 saturated heterocycles. The van der Waals surface area contributed by atoms with Crippen LogP contribution in [0.2, 0.25) is 0 Å². The molecule has 0 saturated carbocycles. The highest BCUT2D eigenvalue weighted by Crippen LogP contribution is 2.22. The van der Waals surface area contributed by atoms with Crippen molar-refractivity contribution >= 4 is 21.9 Å². The van der Waals surface area contributed by atoms with Crippen molar-refractivity contribution in [2.75, 3.05) is 13.7 Å². The summed E-state index contributed by atoms with van der Waals surface area (Å²) in [6, 6.07) is 3.53. The molecule has 1 aromatic rings. The fourth-order valence-electron chi connectivity index (χ4n) is 2.05.